The Balaban J connectivity index is 2.00. The SMILES string of the molecule is COCCOc1ccc(C(=O)Oc2ccc(Br)cc2Cl)cc1. The molecule has 0 aliphatic carbocycles. The zero-order valence-corrected chi connectivity index (χ0v) is 14.2. The summed E-state index contributed by atoms with van der Waals surface area (Å²) >= 11 is 9.31. The predicted molar refractivity (Wildman–Crippen MR) is 87.9 cm³/mol. The first-order valence-corrected chi connectivity index (χ1v) is 7.66. The first-order valence-electron chi connectivity index (χ1n) is 6.49. The van der Waals surface area contributed by atoms with Gasteiger partial charge in [0.15, 0.2) is 0 Å². The van der Waals surface area contributed by atoms with E-state index in [1.165, 1.54) is 0 Å². The maximum Gasteiger partial charge on any atom is 0.343 e. The quantitative estimate of drug-likeness (QED) is 0.421. The monoisotopic (exact) mass is 384 g/mol. The molecule has 2 aromatic carbocycles. The molecule has 22 heavy (non-hydrogen) atoms. The predicted octanol–water partition coefficient (Wildman–Crippen LogP) is 4.35. The molecule has 0 N–H and O–H groups in total. The van der Waals surface area contributed by atoms with Crippen LogP contribution in [0.2, 0.25) is 5.02 Å². The van der Waals surface area contributed by atoms with E-state index in [1.807, 2.05) is 0 Å². The molecule has 0 saturated heterocycles. The van der Waals surface area contributed by atoms with Crippen LogP contribution in [0.4, 0.5) is 0 Å². The van der Waals surface area contributed by atoms with Crippen molar-refractivity contribution < 1.29 is 19.0 Å². The summed E-state index contributed by atoms with van der Waals surface area (Å²) in [7, 11) is 1.61. The average molecular weight is 386 g/mol. The minimum atomic E-state index is -0.479. The van der Waals surface area contributed by atoms with Crippen molar-refractivity contribution in [2.75, 3.05) is 20.3 Å². The van der Waals surface area contributed by atoms with Crippen molar-refractivity contribution in [3.8, 4) is 11.5 Å². The number of halogens is 2. The molecule has 0 spiro atoms. The molecular formula is C16H14BrClO4. The molecule has 0 heterocycles. The van der Waals surface area contributed by atoms with Crippen LogP contribution in [0.3, 0.4) is 0 Å². The fourth-order valence-electron chi connectivity index (χ4n) is 1.65. The van der Waals surface area contributed by atoms with Crippen LogP contribution in [0.5, 0.6) is 11.5 Å². The van der Waals surface area contributed by atoms with E-state index < -0.39 is 5.97 Å². The molecule has 6 heteroatoms. The molecule has 0 atom stereocenters. The van der Waals surface area contributed by atoms with E-state index in [1.54, 1.807) is 49.6 Å². The van der Waals surface area contributed by atoms with Crippen molar-refractivity contribution >= 4 is 33.5 Å². The smallest absolute Gasteiger partial charge is 0.343 e. The van der Waals surface area contributed by atoms with Crippen LogP contribution in [0, 0.1) is 0 Å². The second-order valence-electron chi connectivity index (χ2n) is 4.33. The maximum absolute atomic E-state index is 12.1. The Hall–Kier alpha value is -1.56. The fraction of sp³-hybridized carbons (Fsp3) is 0.188. The molecule has 0 radical (unpaired) electrons. The van der Waals surface area contributed by atoms with Gasteiger partial charge in [-0.15, -0.1) is 0 Å². The van der Waals surface area contributed by atoms with Crippen molar-refractivity contribution in [3.05, 3.63) is 57.5 Å². The number of ether oxygens (including phenoxy) is 3. The summed E-state index contributed by atoms with van der Waals surface area (Å²) in [5, 5.41) is 0.363. The zero-order chi connectivity index (χ0) is 15.9. The number of carbonyl (C=O) groups is 1. The molecule has 0 bridgehead atoms. The van der Waals surface area contributed by atoms with Gasteiger partial charge < -0.3 is 14.2 Å². The summed E-state index contributed by atoms with van der Waals surface area (Å²) in [6.45, 7) is 0.959. The molecule has 0 saturated carbocycles. The van der Waals surface area contributed by atoms with Crippen LogP contribution in [0.15, 0.2) is 46.9 Å². The van der Waals surface area contributed by atoms with Crippen molar-refractivity contribution in [2.45, 2.75) is 0 Å². The number of carbonyl (C=O) groups excluding carboxylic acids is 1. The third-order valence-corrected chi connectivity index (χ3v) is 3.53. The first-order chi connectivity index (χ1) is 10.6. The average Bonchev–Trinajstić information content (AvgIpc) is 2.51. The van der Waals surface area contributed by atoms with Gasteiger partial charge in [-0.05, 0) is 42.5 Å². The molecule has 0 amide bonds. The Morgan fingerprint density at radius 3 is 2.50 bits per heavy atom. The zero-order valence-electron chi connectivity index (χ0n) is 11.8. The molecule has 2 rings (SSSR count). The Morgan fingerprint density at radius 1 is 1.14 bits per heavy atom. The molecule has 116 valence electrons. The van der Waals surface area contributed by atoms with Gasteiger partial charge >= 0.3 is 5.97 Å². The summed E-state index contributed by atoms with van der Waals surface area (Å²) in [6, 6.07) is 11.7. The summed E-state index contributed by atoms with van der Waals surface area (Å²) < 4.78 is 16.4. The topological polar surface area (TPSA) is 44.8 Å². The highest BCUT2D eigenvalue weighted by Gasteiger charge is 2.11. The molecule has 0 aromatic heterocycles. The number of hydrogen-bond acceptors (Lipinski definition) is 4. The van der Waals surface area contributed by atoms with E-state index in [4.69, 9.17) is 25.8 Å². The Bertz CT molecular complexity index is 643. The Kier molecular flexibility index (Phi) is 6.24. The fourth-order valence-corrected chi connectivity index (χ4v) is 2.36. The maximum atomic E-state index is 12.1. The van der Waals surface area contributed by atoms with Gasteiger partial charge in [0.2, 0.25) is 0 Å². The number of benzene rings is 2. The molecule has 0 aliphatic rings. The Morgan fingerprint density at radius 2 is 1.86 bits per heavy atom. The van der Waals surface area contributed by atoms with E-state index in [-0.39, 0.29) is 0 Å². The summed E-state index contributed by atoms with van der Waals surface area (Å²) in [5.74, 6) is 0.498. The van der Waals surface area contributed by atoms with Gasteiger partial charge in [-0.25, -0.2) is 4.79 Å². The standard InChI is InChI=1S/C16H14BrClO4/c1-20-8-9-21-13-5-2-11(3-6-13)16(19)22-15-7-4-12(17)10-14(15)18/h2-7,10H,8-9H2,1H3. The van der Waals surface area contributed by atoms with E-state index in [0.29, 0.717) is 35.3 Å². The van der Waals surface area contributed by atoms with Gasteiger partial charge in [0.25, 0.3) is 0 Å². The largest absolute Gasteiger partial charge is 0.491 e. The molecular weight excluding hydrogens is 372 g/mol. The van der Waals surface area contributed by atoms with Crippen LogP contribution >= 0.6 is 27.5 Å². The lowest BCUT2D eigenvalue weighted by atomic mass is 10.2. The van der Waals surface area contributed by atoms with Crippen LogP contribution in [-0.4, -0.2) is 26.3 Å². The summed E-state index contributed by atoms with van der Waals surface area (Å²) in [5.41, 5.74) is 0.415. The second-order valence-corrected chi connectivity index (χ2v) is 5.65. The lowest BCUT2D eigenvalue weighted by Crippen LogP contribution is -2.09. The molecule has 0 aliphatic heterocycles. The molecule has 0 unspecified atom stereocenters. The van der Waals surface area contributed by atoms with Gasteiger partial charge in [0.05, 0.1) is 17.2 Å². The van der Waals surface area contributed by atoms with Crippen LogP contribution < -0.4 is 9.47 Å². The van der Waals surface area contributed by atoms with Crippen molar-refractivity contribution in [1.82, 2.24) is 0 Å². The van der Waals surface area contributed by atoms with Crippen LogP contribution in [0.25, 0.3) is 0 Å². The number of esters is 1. The van der Waals surface area contributed by atoms with E-state index in [9.17, 15) is 4.79 Å². The van der Waals surface area contributed by atoms with Crippen LogP contribution in [0.1, 0.15) is 10.4 Å². The van der Waals surface area contributed by atoms with Gasteiger partial charge in [-0.2, -0.15) is 0 Å². The van der Waals surface area contributed by atoms with Crippen LogP contribution in [-0.2, 0) is 4.74 Å². The van der Waals surface area contributed by atoms with Crippen molar-refractivity contribution in [1.29, 1.82) is 0 Å². The lowest BCUT2D eigenvalue weighted by Gasteiger charge is -2.08. The minimum absolute atomic E-state index is 0.315. The highest BCUT2D eigenvalue weighted by Crippen LogP contribution is 2.28. The lowest BCUT2D eigenvalue weighted by molar-refractivity contribution is 0.0734. The molecule has 4 nitrogen and oxygen atoms in total. The van der Waals surface area contributed by atoms with E-state index >= 15 is 0 Å². The van der Waals surface area contributed by atoms with E-state index in [2.05, 4.69) is 15.9 Å². The van der Waals surface area contributed by atoms with Crippen molar-refractivity contribution in [3.63, 3.8) is 0 Å². The third kappa shape index (κ3) is 4.73. The number of rotatable bonds is 6. The second kappa shape index (κ2) is 8.17. The number of hydrogen-bond donors (Lipinski definition) is 0. The van der Waals surface area contributed by atoms with Gasteiger partial charge in [-0.1, -0.05) is 27.5 Å². The molecule has 0 fully saturated rings. The Labute approximate surface area is 142 Å². The highest BCUT2D eigenvalue weighted by molar-refractivity contribution is 9.10. The van der Waals surface area contributed by atoms with Gasteiger partial charge in [0, 0.05) is 11.6 Å². The van der Waals surface area contributed by atoms with Gasteiger partial charge in [-0.3, -0.25) is 0 Å². The van der Waals surface area contributed by atoms with E-state index in [0.717, 1.165) is 4.47 Å². The number of methoxy groups -OCH3 is 1. The molecule has 2 aromatic rings. The minimum Gasteiger partial charge on any atom is -0.491 e. The summed E-state index contributed by atoms with van der Waals surface area (Å²) in [6.07, 6.45) is 0. The highest BCUT2D eigenvalue weighted by atomic mass is 79.9. The normalized spacial score (nSPS) is 10.3. The third-order valence-electron chi connectivity index (χ3n) is 2.74. The van der Waals surface area contributed by atoms with Gasteiger partial charge in [0.1, 0.15) is 18.1 Å². The van der Waals surface area contributed by atoms with Crippen molar-refractivity contribution in [2.24, 2.45) is 0 Å². The first kappa shape index (κ1) is 16.8. The summed E-state index contributed by atoms with van der Waals surface area (Å²) in [4.78, 5) is 12.1.